The van der Waals surface area contributed by atoms with Gasteiger partial charge >= 0.3 is 0 Å². The minimum Gasteiger partial charge on any atom is -0.233 e. The van der Waals surface area contributed by atoms with Crippen molar-refractivity contribution in [3.05, 3.63) is 0 Å². The van der Waals surface area contributed by atoms with Gasteiger partial charge in [0.1, 0.15) is 12.7 Å². The zero-order chi connectivity index (χ0) is 4.99. The van der Waals surface area contributed by atoms with Gasteiger partial charge in [0.05, 0.1) is 0 Å². The number of rotatable bonds is 1. The lowest BCUT2D eigenvalue weighted by Crippen LogP contribution is -2.03. The third-order valence-electron chi connectivity index (χ3n) is 0.295. The van der Waals surface area contributed by atoms with E-state index in [1.807, 2.05) is 0 Å². The van der Waals surface area contributed by atoms with Crippen LogP contribution in [0.4, 0.5) is 0 Å². The van der Waals surface area contributed by atoms with E-state index in [1.165, 1.54) is 6.07 Å². The van der Waals surface area contributed by atoms with Gasteiger partial charge in [-0.1, -0.05) is 0 Å². The molecule has 2 radical (unpaired) electrons. The molecule has 0 fully saturated rings. The molecule has 0 aliphatic carbocycles. The quantitative estimate of drug-likeness (QED) is 0.432. The Morgan fingerprint density at radius 1 is 1.83 bits per heavy atom. The van der Waals surface area contributed by atoms with Crippen LogP contribution in [0.5, 0.6) is 0 Å². The molecule has 0 amide bonds. The molecule has 0 aliphatic heterocycles. The fourth-order valence-electron chi connectivity index (χ4n) is 0.0373. The van der Waals surface area contributed by atoms with Crippen LogP contribution in [0.25, 0.3) is 0 Å². The first-order chi connectivity index (χ1) is 2.81. The zero-order valence-electron chi connectivity index (χ0n) is 3.05. The van der Waals surface area contributed by atoms with Gasteiger partial charge in [-0.2, -0.15) is 5.26 Å². The Hall–Kier alpha value is -0.590. The van der Waals surface area contributed by atoms with Crippen molar-refractivity contribution in [3.8, 4) is 6.07 Å². The first-order valence-electron chi connectivity index (χ1n) is 1.44. The summed E-state index contributed by atoms with van der Waals surface area (Å²) in [4.78, 5) is 0. The predicted octanol–water partition coefficient (Wildman–Crippen LogP) is -0.260. The van der Waals surface area contributed by atoms with Crippen LogP contribution in [0.3, 0.4) is 0 Å². The van der Waals surface area contributed by atoms with Crippen LogP contribution in [0.1, 0.15) is 0 Å². The molecule has 0 aromatic rings. The minimum absolute atomic E-state index is 0.837. The van der Waals surface area contributed by atoms with Gasteiger partial charge in [-0.3, -0.25) is 0 Å². The van der Waals surface area contributed by atoms with Gasteiger partial charge in [-0.25, -0.2) is 10.2 Å². The lowest BCUT2D eigenvalue weighted by molar-refractivity contribution is 0.0424. The molecule has 1 unspecified atom stereocenters. The van der Waals surface area contributed by atoms with Crippen LogP contribution < -0.4 is 0 Å². The maximum atomic E-state index is 9.59. The molecule has 32 valence electrons. The van der Waals surface area contributed by atoms with Crippen molar-refractivity contribution in [2.75, 3.05) is 6.61 Å². The maximum absolute atomic E-state index is 9.59. The third kappa shape index (κ3) is 1.70. The molecule has 0 spiro atoms. The van der Waals surface area contributed by atoms with E-state index in [0.717, 1.165) is 0 Å². The molecule has 0 aliphatic rings. The summed E-state index contributed by atoms with van der Waals surface area (Å²) in [5, 5.41) is 26.5. The molecule has 1 atom stereocenters. The average Bonchev–Trinajstić information content (AvgIpc) is 1.65. The molecule has 0 aromatic heterocycles. The Balaban J connectivity index is 3.04. The van der Waals surface area contributed by atoms with E-state index < -0.39 is 12.7 Å². The summed E-state index contributed by atoms with van der Waals surface area (Å²) in [7, 11) is 0. The van der Waals surface area contributed by atoms with Gasteiger partial charge in [0.25, 0.3) is 0 Å². The van der Waals surface area contributed by atoms with E-state index in [1.54, 1.807) is 0 Å². The van der Waals surface area contributed by atoms with Gasteiger partial charge in [-0.15, -0.1) is 0 Å². The van der Waals surface area contributed by atoms with E-state index in [4.69, 9.17) is 5.26 Å². The maximum Gasteiger partial charge on any atom is 0.205 e. The van der Waals surface area contributed by atoms with Crippen LogP contribution in [0.2, 0.25) is 0 Å². The summed E-state index contributed by atoms with van der Waals surface area (Å²) in [6, 6.07) is 1.25. The third-order valence-corrected chi connectivity index (χ3v) is 0.295. The zero-order valence-corrected chi connectivity index (χ0v) is 3.05. The Morgan fingerprint density at radius 2 is 2.33 bits per heavy atom. The summed E-state index contributed by atoms with van der Waals surface area (Å²) in [6.45, 7) is -0.837. The van der Waals surface area contributed by atoms with Crippen LogP contribution in [0, 0.1) is 11.3 Å². The van der Waals surface area contributed by atoms with Gasteiger partial charge in [0.2, 0.25) is 6.10 Å². The molecular formula is C3H3NO2. The fourth-order valence-corrected chi connectivity index (χ4v) is 0.0373. The summed E-state index contributed by atoms with van der Waals surface area (Å²) < 4.78 is 0. The van der Waals surface area contributed by atoms with Crippen molar-refractivity contribution >= 4 is 0 Å². The first-order valence-corrected chi connectivity index (χ1v) is 1.44. The molecule has 0 rings (SSSR count). The molecule has 3 nitrogen and oxygen atoms in total. The molecule has 0 heterocycles. The van der Waals surface area contributed by atoms with Crippen molar-refractivity contribution in [1.29, 1.82) is 5.26 Å². The molecule has 3 heteroatoms. The highest BCUT2D eigenvalue weighted by Gasteiger charge is 1.97. The van der Waals surface area contributed by atoms with Crippen LogP contribution in [0.15, 0.2) is 0 Å². The van der Waals surface area contributed by atoms with Gasteiger partial charge in [0.15, 0.2) is 0 Å². The SMILES string of the molecule is N#CC([O])C[O]. The normalized spacial score (nSPS) is 12.8. The molecule has 0 bridgehead atoms. The van der Waals surface area contributed by atoms with Crippen molar-refractivity contribution in [1.82, 2.24) is 0 Å². The van der Waals surface area contributed by atoms with E-state index in [-0.39, 0.29) is 0 Å². The number of hydrogen-bond acceptors (Lipinski definition) is 1. The Labute approximate surface area is 35.5 Å². The molecule has 0 N–H and O–H groups in total. The second kappa shape index (κ2) is 2.64. The van der Waals surface area contributed by atoms with Crippen molar-refractivity contribution in [2.24, 2.45) is 0 Å². The number of hydrogen-bond donors (Lipinski definition) is 0. The number of nitrogens with zero attached hydrogens (tertiary/aromatic N) is 1. The smallest absolute Gasteiger partial charge is 0.205 e. The van der Waals surface area contributed by atoms with Gasteiger partial charge < -0.3 is 0 Å². The number of nitriles is 1. The fraction of sp³-hybridized carbons (Fsp3) is 0.667. The molecule has 0 aromatic carbocycles. The Morgan fingerprint density at radius 3 is 2.33 bits per heavy atom. The minimum atomic E-state index is -1.56. The van der Waals surface area contributed by atoms with Crippen molar-refractivity contribution in [3.63, 3.8) is 0 Å². The van der Waals surface area contributed by atoms with Crippen LogP contribution in [-0.4, -0.2) is 12.7 Å². The molecular weight excluding hydrogens is 82.0 g/mol. The van der Waals surface area contributed by atoms with E-state index in [9.17, 15) is 10.2 Å². The highest BCUT2D eigenvalue weighted by molar-refractivity contribution is 4.79. The largest absolute Gasteiger partial charge is 0.233 e. The predicted molar refractivity (Wildman–Crippen MR) is 15.6 cm³/mol. The van der Waals surface area contributed by atoms with E-state index >= 15 is 0 Å². The van der Waals surface area contributed by atoms with Crippen molar-refractivity contribution < 1.29 is 10.2 Å². The monoisotopic (exact) mass is 85.0 g/mol. The molecule has 6 heavy (non-hydrogen) atoms. The van der Waals surface area contributed by atoms with E-state index in [2.05, 4.69) is 0 Å². The Bertz CT molecular complexity index is 65.7. The summed E-state index contributed by atoms with van der Waals surface area (Å²) in [5.41, 5.74) is 0. The highest BCUT2D eigenvalue weighted by atomic mass is 16.3. The van der Waals surface area contributed by atoms with E-state index in [0.29, 0.717) is 0 Å². The first kappa shape index (κ1) is 5.41. The summed E-state index contributed by atoms with van der Waals surface area (Å²) >= 11 is 0. The van der Waals surface area contributed by atoms with Crippen molar-refractivity contribution in [2.45, 2.75) is 6.10 Å². The standard InChI is InChI=1S/C3H3NO2/c4-1-3(6)2-5/h3H,2H2. The lowest BCUT2D eigenvalue weighted by Gasteiger charge is -1.80. The summed E-state index contributed by atoms with van der Waals surface area (Å²) in [5.74, 6) is 0. The molecule has 0 saturated carbocycles. The average molecular weight is 85.1 g/mol. The van der Waals surface area contributed by atoms with Gasteiger partial charge in [0, 0.05) is 0 Å². The Kier molecular flexibility index (Phi) is 2.38. The van der Waals surface area contributed by atoms with Gasteiger partial charge in [-0.05, 0) is 0 Å². The van der Waals surface area contributed by atoms with Crippen LogP contribution in [-0.2, 0) is 10.2 Å². The molecule has 0 saturated heterocycles. The summed E-state index contributed by atoms with van der Waals surface area (Å²) in [6.07, 6.45) is -1.56. The highest BCUT2D eigenvalue weighted by Crippen LogP contribution is 1.72. The van der Waals surface area contributed by atoms with Crippen LogP contribution >= 0.6 is 0 Å². The second-order valence-electron chi connectivity index (χ2n) is 0.784. The second-order valence-corrected chi connectivity index (χ2v) is 0.784. The lowest BCUT2D eigenvalue weighted by atomic mass is 10.4. The topological polar surface area (TPSA) is 63.6 Å².